The van der Waals surface area contributed by atoms with E-state index in [2.05, 4.69) is 61.7 Å². The third-order valence-electron chi connectivity index (χ3n) is 5.16. The fourth-order valence-corrected chi connectivity index (χ4v) is 3.47. The van der Waals surface area contributed by atoms with Gasteiger partial charge in [0.2, 0.25) is 0 Å². The zero-order chi connectivity index (χ0) is 20.9. The molecule has 8 nitrogen and oxygen atoms in total. The molecule has 0 aliphatic heterocycles. The summed E-state index contributed by atoms with van der Waals surface area (Å²) in [6, 6.07) is 16.2. The summed E-state index contributed by atoms with van der Waals surface area (Å²) in [6.45, 7) is 6.09. The predicted octanol–water partition coefficient (Wildman–Crippen LogP) is 2.46. The van der Waals surface area contributed by atoms with Gasteiger partial charge in [-0.15, -0.1) is 10.2 Å². The van der Waals surface area contributed by atoms with Crippen LogP contribution in [0.15, 0.2) is 59.7 Å². The maximum atomic E-state index is 4.72. The highest BCUT2D eigenvalue weighted by molar-refractivity contribution is 5.79. The molecule has 154 valence electrons. The second kappa shape index (κ2) is 8.77. The molecule has 0 spiro atoms. The average Bonchev–Trinajstić information content (AvgIpc) is 3.30. The van der Waals surface area contributed by atoms with Crippen LogP contribution in [0, 0.1) is 13.8 Å². The van der Waals surface area contributed by atoms with Crippen molar-refractivity contribution in [1.82, 2.24) is 35.0 Å². The molecule has 0 atom stereocenters. The molecular weight excluding hydrogens is 376 g/mol. The van der Waals surface area contributed by atoms with E-state index in [4.69, 9.17) is 5.10 Å². The topological polar surface area (TPSA) is 84.4 Å². The number of aromatic nitrogens is 5. The highest BCUT2D eigenvalue weighted by atomic mass is 15.3. The fraction of sp³-hybridized carbons (Fsp3) is 0.273. The van der Waals surface area contributed by atoms with Crippen molar-refractivity contribution in [3.63, 3.8) is 0 Å². The smallest absolute Gasteiger partial charge is 0.191 e. The van der Waals surface area contributed by atoms with Crippen LogP contribution in [-0.2, 0) is 19.6 Å². The lowest BCUT2D eigenvalue weighted by Crippen LogP contribution is -2.37. The molecule has 30 heavy (non-hydrogen) atoms. The van der Waals surface area contributed by atoms with Gasteiger partial charge in [0, 0.05) is 31.0 Å². The molecule has 0 aliphatic rings. The van der Waals surface area contributed by atoms with Gasteiger partial charge < -0.3 is 10.6 Å². The number of hydrogen-bond acceptors (Lipinski definition) is 4. The molecular formula is C22H26N8. The Bertz CT molecular complexity index is 1160. The maximum absolute atomic E-state index is 4.72. The van der Waals surface area contributed by atoms with E-state index in [0.29, 0.717) is 19.0 Å². The van der Waals surface area contributed by atoms with E-state index in [9.17, 15) is 0 Å². The Hall–Kier alpha value is -3.68. The van der Waals surface area contributed by atoms with Gasteiger partial charge in [0.15, 0.2) is 17.4 Å². The van der Waals surface area contributed by atoms with Crippen molar-refractivity contribution in [1.29, 1.82) is 0 Å². The van der Waals surface area contributed by atoms with E-state index in [-0.39, 0.29) is 0 Å². The van der Waals surface area contributed by atoms with Crippen LogP contribution in [0.3, 0.4) is 0 Å². The molecule has 0 aliphatic carbocycles. The van der Waals surface area contributed by atoms with Crippen molar-refractivity contribution in [2.24, 2.45) is 4.99 Å². The summed E-state index contributed by atoms with van der Waals surface area (Å²) in [6.07, 6.45) is 1.95. The quantitative estimate of drug-likeness (QED) is 0.382. The number of guanidine groups is 1. The molecule has 2 N–H and O–H groups in total. The summed E-state index contributed by atoms with van der Waals surface area (Å²) >= 11 is 0. The molecule has 3 aromatic heterocycles. The van der Waals surface area contributed by atoms with Gasteiger partial charge in [-0.1, -0.05) is 36.4 Å². The zero-order valence-electron chi connectivity index (χ0n) is 17.5. The van der Waals surface area contributed by atoms with E-state index in [1.54, 1.807) is 7.05 Å². The van der Waals surface area contributed by atoms with Crippen LogP contribution in [0.25, 0.3) is 5.65 Å². The summed E-state index contributed by atoms with van der Waals surface area (Å²) < 4.78 is 4.02. The van der Waals surface area contributed by atoms with E-state index >= 15 is 0 Å². The largest absolute Gasteiger partial charge is 0.352 e. The first-order valence-electron chi connectivity index (χ1n) is 9.95. The minimum atomic E-state index is 0.524. The monoisotopic (exact) mass is 402 g/mol. The van der Waals surface area contributed by atoms with Crippen molar-refractivity contribution in [2.45, 2.75) is 33.5 Å². The molecule has 1 aromatic carbocycles. The number of aryl methyl sites for hydroxylation is 1. The van der Waals surface area contributed by atoms with Crippen LogP contribution in [0.2, 0.25) is 0 Å². The second-order valence-corrected chi connectivity index (χ2v) is 7.12. The summed E-state index contributed by atoms with van der Waals surface area (Å²) in [5.41, 5.74) is 5.43. The van der Waals surface area contributed by atoms with Gasteiger partial charge in [-0.05, 0) is 31.5 Å². The Morgan fingerprint density at radius 1 is 0.967 bits per heavy atom. The van der Waals surface area contributed by atoms with E-state index < -0.39 is 0 Å². The van der Waals surface area contributed by atoms with Crippen LogP contribution in [0.1, 0.15) is 28.3 Å². The Morgan fingerprint density at radius 2 is 1.73 bits per heavy atom. The number of hydrogen-bond donors (Lipinski definition) is 2. The fourth-order valence-electron chi connectivity index (χ4n) is 3.47. The molecule has 0 bridgehead atoms. The third-order valence-corrected chi connectivity index (χ3v) is 5.16. The molecule has 4 rings (SSSR count). The third kappa shape index (κ3) is 4.17. The SMILES string of the molecule is CN=C(NCc1c(C)nn(Cc2ccccc2)c1C)NCc1nnc2ccccn12. The lowest BCUT2D eigenvalue weighted by Gasteiger charge is -2.12. The first kappa shape index (κ1) is 19.6. The Kier molecular flexibility index (Phi) is 5.74. The molecule has 0 saturated heterocycles. The van der Waals surface area contributed by atoms with E-state index in [1.165, 1.54) is 11.1 Å². The van der Waals surface area contributed by atoms with Crippen LogP contribution in [0.5, 0.6) is 0 Å². The Labute approximate surface area is 175 Å². The van der Waals surface area contributed by atoms with Crippen LogP contribution < -0.4 is 10.6 Å². The van der Waals surface area contributed by atoms with Gasteiger partial charge in [-0.25, -0.2) is 0 Å². The van der Waals surface area contributed by atoms with Gasteiger partial charge in [0.05, 0.1) is 18.8 Å². The lowest BCUT2D eigenvalue weighted by molar-refractivity contribution is 0.657. The molecule has 3 heterocycles. The average molecular weight is 403 g/mol. The molecule has 0 unspecified atom stereocenters. The maximum Gasteiger partial charge on any atom is 0.191 e. The lowest BCUT2D eigenvalue weighted by atomic mass is 10.2. The number of aliphatic imine (C=N–C) groups is 1. The molecule has 0 radical (unpaired) electrons. The zero-order valence-corrected chi connectivity index (χ0v) is 17.5. The van der Waals surface area contributed by atoms with E-state index in [1.807, 2.05) is 41.8 Å². The number of benzene rings is 1. The first-order valence-corrected chi connectivity index (χ1v) is 9.95. The molecule has 0 saturated carbocycles. The van der Waals surface area contributed by atoms with Gasteiger partial charge >= 0.3 is 0 Å². The van der Waals surface area contributed by atoms with Gasteiger partial charge in [-0.2, -0.15) is 5.10 Å². The van der Waals surface area contributed by atoms with Crippen LogP contribution in [-0.4, -0.2) is 37.4 Å². The summed E-state index contributed by atoms with van der Waals surface area (Å²) in [7, 11) is 1.76. The summed E-state index contributed by atoms with van der Waals surface area (Å²) in [5.74, 6) is 1.54. The van der Waals surface area contributed by atoms with Gasteiger partial charge in [0.25, 0.3) is 0 Å². The molecule has 8 heteroatoms. The number of fused-ring (bicyclic) bond motifs is 1. The standard InChI is InChI=1S/C22H26N8/c1-16-19(17(2)30(28-16)15-18-9-5-4-6-10-18)13-24-22(23-3)25-14-21-27-26-20-11-7-8-12-29(20)21/h4-12H,13-15H2,1-3H3,(H2,23,24,25). The highest BCUT2D eigenvalue weighted by Gasteiger charge is 2.13. The van der Waals surface area contributed by atoms with Crippen molar-refractivity contribution >= 4 is 11.6 Å². The molecule has 0 amide bonds. The van der Waals surface area contributed by atoms with Crippen molar-refractivity contribution in [2.75, 3.05) is 7.05 Å². The van der Waals surface area contributed by atoms with Crippen LogP contribution in [0.4, 0.5) is 0 Å². The normalized spacial score (nSPS) is 11.8. The number of pyridine rings is 1. The van der Waals surface area contributed by atoms with Crippen molar-refractivity contribution in [3.05, 3.63) is 83.1 Å². The predicted molar refractivity (Wildman–Crippen MR) is 117 cm³/mol. The summed E-state index contributed by atoms with van der Waals surface area (Å²) in [4.78, 5) is 4.33. The molecule has 4 aromatic rings. The minimum Gasteiger partial charge on any atom is -0.352 e. The number of nitrogens with one attached hydrogen (secondary N) is 2. The van der Waals surface area contributed by atoms with Crippen molar-refractivity contribution in [3.8, 4) is 0 Å². The first-order chi connectivity index (χ1) is 14.7. The minimum absolute atomic E-state index is 0.524. The van der Waals surface area contributed by atoms with Crippen molar-refractivity contribution < 1.29 is 0 Å². The van der Waals surface area contributed by atoms with Gasteiger partial charge in [-0.3, -0.25) is 14.1 Å². The second-order valence-electron chi connectivity index (χ2n) is 7.12. The highest BCUT2D eigenvalue weighted by Crippen LogP contribution is 2.14. The number of nitrogens with zero attached hydrogens (tertiary/aromatic N) is 6. The van der Waals surface area contributed by atoms with Gasteiger partial charge in [0.1, 0.15) is 0 Å². The Balaban J connectivity index is 1.39. The molecule has 0 fully saturated rings. The van der Waals surface area contributed by atoms with Crippen LogP contribution >= 0.6 is 0 Å². The number of rotatable bonds is 6. The Morgan fingerprint density at radius 3 is 2.53 bits per heavy atom. The van der Waals surface area contributed by atoms with E-state index in [0.717, 1.165) is 29.4 Å². The summed E-state index contributed by atoms with van der Waals surface area (Å²) in [5, 5.41) is 19.8.